The van der Waals surface area contributed by atoms with Gasteiger partial charge < -0.3 is 128 Å². The van der Waals surface area contributed by atoms with Crippen molar-refractivity contribution in [2.75, 3.05) is 13.2 Å². The molecule has 5 aliphatic heterocycles. The van der Waals surface area contributed by atoms with Crippen molar-refractivity contribution >= 4 is 17.9 Å². The third-order valence-electron chi connectivity index (χ3n) is 24.2. The Morgan fingerprint density at radius 3 is 1.72 bits per heavy atom. The highest BCUT2D eigenvalue weighted by molar-refractivity contribution is 5.80. The number of rotatable bonds is 15. The molecule has 538 valence electrons. The Kier molecular flexibility index (Phi) is 21.5. The van der Waals surface area contributed by atoms with Gasteiger partial charge in [-0.15, -0.1) is 0 Å². The molecule has 10 rings (SSSR count). The summed E-state index contributed by atoms with van der Waals surface area (Å²) in [6.45, 7) is 20.0. The molecule has 0 aromatic heterocycles. The zero-order valence-electron chi connectivity index (χ0n) is 55.6. The topological polar surface area (TPSA) is 445 Å². The lowest BCUT2D eigenvalue weighted by molar-refractivity contribution is -0.380. The normalized spacial score (nSPS) is 52.9. The van der Waals surface area contributed by atoms with Crippen molar-refractivity contribution in [1.29, 1.82) is 0 Å². The highest BCUT2D eigenvalue weighted by Gasteiger charge is 2.73. The molecule has 0 aromatic carbocycles. The number of carbonyl (C=O) groups is 3. The number of carbonyl (C=O) groups excluding carboxylic acids is 3. The Hall–Kier alpha value is -2.77. The van der Waals surface area contributed by atoms with Gasteiger partial charge in [0.15, 0.2) is 37.4 Å². The van der Waals surface area contributed by atoms with E-state index in [1.54, 1.807) is 0 Å². The van der Waals surface area contributed by atoms with Crippen molar-refractivity contribution in [2.45, 2.75) is 313 Å². The van der Waals surface area contributed by atoms with E-state index < -0.39 is 242 Å². The molecule has 94 heavy (non-hydrogen) atoms. The smallest absolute Gasteiger partial charge is 0.317 e. The van der Waals surface area contributed by atoms with Crippen molar-refractivity contribution in [3.8, 4) is 0 Å². The van der Waals surface area contributed by atoms with Crippen LogP contribution in [-0.2, 0) is 71.2 Å². The molecule has 14 N–H and O–H groups in total. The first-order chi connectivity index (χ1) is 43.8. The number of ether oxygens (including phenoxy) is 12. The van der Waals surface area contributed by atoms with Crippen LogP contribution in [0.2, 0.25) is 0 Å². The van der Waals surface area contributed by atoms with Gasteiger partial charge in [-0.1, -0.05) is 53.2 Å². The van der Waals surface area contributed by atoms with Gasteiger partial charge in [-0.2, -0.15) is 0 Å². The standard InChI is InChI=1S/C65H104O29/c1-25(84-30(6)67)19-38(71)89-50-29(5)88-58(52(47(50)80)92-56-46(79)43(76)49(28(4)87-56)90-54-48(81)51(34(69)23-83-54)91-55-44(77)41(74)39(72)26(2)85-55)94-59(82)65-18-17-60(7,8)20-32(65)31-13-14-36-61(9)21-33(68)53(93-57-45(78)42(75)40(73)27(3)86-57)62(10,24-66)35(61)15-16-63(36,11)64(31,12)22-37(65)70/h13,25-29,32-37,39-58,66,68-70,72-81H,14-24H2,1-12H3/t25-,26-,27-,28-,29+,32-,33-,34+,35+,36+,37+,39-,40-,41+,42+,43-,44+,45+,46+,47-,48+,49-,50-,51-,52+,53-,54-,55-,56-,57-,58-,61+,62-,63+,64+,65+/m0/s1. The fourth-order valence-electron chi connectivity index (χ4n) is 18.7. The number of aliphatic hydroxyl groups is 14. The van der Waals surface area contributed by atoms with Crippen molar-refractivity contribution in [3.63, 3.8) is 0 Å². The maximum Gasteiger partial charge on any atom is 0.317 e. The van der Waals surface area contributed by atoms with Crippen LogP contribution < -0.4 is 0 Å². The molecule has 5 heterocycles. The lowest BCUT2D eigenvalue weighted by Gasteiger charge is -2.72. The summed E-state index contributed by atoms with van der Waals surface area (Å²) in [5, 5.41) is 159. The van der Waals surface area contributed by atoms with Crippen molar-refractivity contribution in [1.82, 2.24) is 0 Å². The highest BCUT2D eigenvalue weighted by Crippen LogP contribution is 2.76. The molecule has 0 aromatic rings. The first-order valence-corrected chi connectivity index (χ1v) is 33.4. The number of fused-ring (bicyclic) bond motifs is 7. The van der Waals surface area contributed by atoms with Crippen LogP contribution >= 0.6 is 0 Å². The molecule has 0 amide bonds. The molecule has 36 atom stereocenters. The SMILES string of the molecule is CC(=O)O[C@@H](C)CC(=O)O[C@@H]1[C@H](O)[C@@H](O[C@@H]2O[C@@H](C)[C@H](O[C@@H]3OC[C@@H](O)[C@H](O[C@@H]4O[C@@H](C)[C@H](O)[C@@H](O)[C@H]4O)[C@H]3O)[C@@H](O)[C@H]2O)[C@H](OC(=O)[C@]23CCC(C)(C)C[C@H]2C2=CC[C@@H]4[C@]5(C)C[C@H](O)[C@H](O[C@@H]6O[C@@H](C)[C@H](O)[C@@H](O)[C@H]6O)[C@@](C)(CO)[C@@H]5CC[C@@]4(C)[C@]2(C)C[C@H]3O)O[C@@H]1C. The summed E-state index contributed by atoms with van der Waals surface area (Å²) in [7, 11) is 0. The van der Waals surface area contributed by atoms with E-state index in [1.165, 1.54) is 34.6 Å². The van der Waals surface area contributed by atoms with Gasteiger partial charge in [-0.3, -0.25) is 14.4 Å². The van der Waals surface area contributed by atoms with Gasteiger partial charge in [0.2, 0.25) is 6.29 Å². The van der Waals surface area contributed by atoms with E-state index in [-0.39, 0.29) is 36.5 Å². The predicted molar refractivity (Wildman–Crippen MR) is 318 cm³/mol. The van der Waals surface area contributed by atoms with Gasteiger partial charge in [0.05, 0.1) is 62.4 Å². The van der Waals surface area contributed by atoms with Crippen LogP contribution in [-0.4, -0.2) is 274 Å². The number of hydrogen-bond acceptors (Lipinski definition) is 29. The van der Waals surface area contributed by atoms with Gasteiger partial charge in [-0.25, -0.2) is 0 Å². The summed E-state index contributed by atoms with van der Waals surface area (Å²) in [4.78, 5) is 41.1. The molecule has 0 unspecified atom stereocenters. The summed E-state index contributed by atoms with van der Waals surface area (Å²) in [6, 6.07) is 0. The number of esters is 3. The minimum Gasteiger partial charge on any atom is -0.462 e. The van der Waals surface area contributed by atoms with Crippen molar-refractivity contribution in [2.24, 2.45) is 50.2 Å². The predicted octanol–water partition coefficient (Wildman–Crippen LogP) is -1.65. The maximum absolute atomic E-state index is 15.9. The maximum atomic E-state index is 15.9. The van der Waals surface area contributed by atoms with E-state index >= 15 is 4.79 Å². The molecule has 10 aliphatic rings. The minimum atomic E-state index is -2.07. The van der Waals surface area contributed by atoms with Gasteiger partial charge in [0, 0.05) is 12.3 Å². The molecule has 0 radical (unpaired) electrons. The number of hydrogen-bond donors (Lipinski definition) is 14. The zero-order valence-corrected chi connectivity index (χ0v) is 55.6. The third-order valence-corrected chi connectivity index (χ3v) is 24.2. The molecule has 9 fully saturated rings. The molecular weight excluding hydrogens is 1240 g/mol. The van der Waals surface area contributed by atoms with Gasteiger partial charge in [0.25, 0.3) is 0 Å². The fourth-order valence-corrected chi connectivity index (χ4v) is 18.7. The van der Waals surface area contributed by atoms with E-state index in [4.69, 9.17) is 56.8 Å². The monoisotopic (exact) mass is 1350 g/mol. The van der Waals surface area contributed by atoms with Crippen LogP contribution in [0, 0.1) is 50.2 Å². The molecular formula is C65H104O29. The summed E-state index contributed by atoms with van der Waals surface area (Å²) in [5.41, 5.74) is -4.16. The van der Waals surface area contributed by atoms with Crippen LogP contribution in [0.15, 0.2) is 11.6 Å². The Labute approximate surface area is 546 Å². The lowest BCUT2D eigenvalue weighted by atomic mass is 9.33. The van der Waals surface area contributed by atoms with E-state index in [2.05, 4.69) is 40.7 Å². The Bertz CT molecular complexity index is 2720. The molecule has 29 heteroatoms. The highest BCUT2D eigenvalue weighted by atomic mass is 16.8. The summed E-state index contributed by atoms with van der Waals surface area (Å²) < 4.78 is 71.3. The molecule has 0 spiro atoms. The van der Waals surface area contributed by atoms with Crippen LogP contribution in [0.5, 0.6) is 0 Å². The van der Waals surface area contributed by atoms with E-state index in [1.807, 2.05) is 6.92 Å². The second-order valence-electron chi connectivity index (χ2n) is 30.8. The van der Waals surface area contributed by atoms with E-state index in [0.29, 0.717) is 32.1 Å². The molecule has 4 saturated carbocycles. The second-order valence-corrected chi connectivity index (χ2v) is 30.8. The van der Waals surface area contributed by atoms with Crippen LogP contribution in [0.3, 0.4) is 0 Å². The Morgan fingerprint density at radius 2 is 1.12 bits per heavy atom. The molecule has 0 bridgehead atoms. The second kappa shape index (κ2) is 27.3. The van der Waals surface area contributed by atoms with Gasteiger partial charge >= 0.3 is 17.9 Å². The van der Waals surface area contributed by atoms with Crippen molar-refractivity contribution in [3.05, 3.63) is 11.6 Å². The number of aliphatic hydroxyl groups excluding tert-OH is 14. The summed E-state index contributed by atoms with van der Waals surface area (Å²) in [6.07, 6.45) is -38.4. The first kappa shape index (κ1) is 73.9. The average molecular weight is 1350 g/mol. The molecule has 29 nitrogen and oxygen atoms in total. The van der Waals surface area contributed by atoms with E-state index in [0.717, 1.165) is 12.5 Å². The van der Waals surface area contributed by atoms with E-state index in [9.17, 15) is 81.1 Å². The van der Waals surface area contributed by atoms with Crippen LogP contribution in [0.25, 0.3) is 0 Å². The minimum absolute atomic E-state index is 0.0898. The number of allylic oxidation sites excluding steroid dienone is 2. The summed E-state index contributed by atoms with van der Waals surface area (Å²) in [5.74, 6) is -3.53. The summed E-state index contributed by atoms with van der Waals surface area (Å²) >= 11 is 0. The van der Waals surface area contributed by atoms with Crippen LogP contribution in [0.1, 0.15) is 141 Å². The van der Waals surface area contributed by atoms with Crippen molar-refractivity contribution < 1.29 is 143 Å². The van der Waals surface area contributed by atoms with Gasteiger partial charge in [-0.05, 0) is 125 Å². The Balaban J connectivity index is 0.906. The molecule has 5 aliphatic carbocycles. The Morgan fingerprint density at radius 1 is 0.564 bits per heavy atom. The van der Waals surface area contributed by atoms with Crippen LogP contribution in [0.4, 0.5) is 0 Å². The fraction of sp³-hybridized carbons (Fsp3) is 0.923. The first-order valence-electron chi connectivity index (χ1n) is 33.4. The lowest BCUT2D eigenvalue weighted by Crippen LogP contribution is -2.70. The third kappa shape index (κ3) is 12.8. The zero-order chi connectivity index (χ0) is 69.2. The largest absolute Gasteiger partial charge is 0.462 e. The quantitative estimate of drug-likeness (QED) is 0.0378. The average Bonchev–Trinajstić information content (AvgIpc) is 0.670. The molecule has 5 saturated heterocycles. The van der Waals surface area contributed by atoms with Gasteiger partial charge in [0.1, 0.15) is 90.9 Å².